The molecular formula is C7H14Br. The Morgan fingerprint density at radius 3 is 2.62 bits per heavy atom. The molecule has 0 spiro atoms. The van der Waals surface area contributed by atoms with E-state index >= 15 is 0 Å². The molecule has 0 aliphatic carbocycles. The average Bonchev–Trinajstić information content (AvgIpc) is 1.83. The second-order valence-electron chi connectivity index (χ2n) is 2.03. The molecule has 0 aliphatic rings. The van der Waals surface area contributed by atoms with Gasteiger partial charge in [0.05, 0.1) is 0 Å². The first-order valence-electron chi connectivity index (χ1n) is 3.24. The van der Waals surface area contributed by atoms with Gasteiger partial charge in [0.1, 0.15) is 0 Å². The predicted octanol–water partition coefficient (Wildman–Crippen LogP) is 3.16. The molecule has 0 nitrogen and oxygen atoms in total. The van der Waals surface area contributed by atoms with E-state index in [1.165, 1.54) is 19.3 Å². The van der Waals surface area contributed by atoms with Gasteiger partial charge < -0.3 is 0 Å². The largest absolute Gasteiger partial charge is 0.0891 e. The van der Waals surface area contributed by atoms with Crippen LogP contribution in [0.15, 0.2) is 0 Å². The number of rotatable bonds is 4. The maximum Gasteiger partial charge on any atom is 0.0145 e. The molecule has 0 bridgehead atoms. The highest BCUT2D eigenvalue weighted by Gasteiger charge is 1.96. The molecular weight excluding hydrogens is 164 g/mol. The Morgan fingerprint density at radius 1 is 1.62 bits per heavy atom. The Kier molecular flexibility index (Phi) is 5.95. The topological polar surface area (TPSA) is 0 Å². The lowest BCUT2D eigenvalue weighted by Crippen LogP contribution is -1.93. The molecule has 0 N–H and O–H groups in total. The van der Waals surface area contributed by atoms with E-state index < -0.39 is 0 Å². The summed E-state index contributed by atoms with van der Waals surface area (Å²) in [4.78, 5) is 0.655. The second kappa shape index (κ2) is 5.61. The third-order valence-electron chi connectivity index (χ3n) is 1.18. The number of hydrogen-bond acceptors (Lipinski definition) is 0. The monoisotopic (exact) mass is 177 g/mol. The highest BCUT2D eigenvalue weighted by Crippen LogP contribution is 2.11. The van der Waals surface area contributed by atoms with Gasteiger partial charge in [-0.25, -0.2) is 0 Å². The van der Waals surface area contributed by atoms with Gasteiger partial charge in [0, 0.05) is 4.83 Å². The summed E-state index contributed by atoms with van der Waals surface area (Å²) in [6, 6.07) is 0. The molecule has 0 saturated heterocycles. The zero-order chi connectivity index (χ0) is 6.41. The van der Waals surface area contributed by atoms with Gasteiger partial charge in [-0.05, 0) is 12.8 Å². The van der Waals surface area contributed by atoms with Crippen molar-refractivity contribution < 1.29 is 0 Å². The van der Waals surface area contributed by atoms with Gasteiger partial charge in [-0.1, -0.05) is 42.6 Å². The van der Waals surface area contributed by atoms with Crippen LogP contribution < -0.4 is 0 Å². The van der Waals surface area contributed by atoms with E-state index in [1.807, 2.05) is 0 Å². The Hall–Kier alpha value is 0.480. The third-order valence-corrected chi connectivity index (χ3v) is 2.10. The molecule has 0 saturated carbocycles. The van der Waals surface area contributed by atoms with Gasteiger partial charge in [-0.3, -0.25) is 0 Å². The lowest BCUT2D eigenvalue weighted by atomic mass is 10.2. The summed E-state index contributed by atoms with van der Waals surface area (Å²) in [7, 11) is 0. The van der Waals surface area contributed by atoms with Gasteiger partial charge in [0.15, 0.2) is 0 Å². The van der Waals surface area contributed by atoms with E-state index in [0.29, 0.717) is 4.83 Å². The second-order valence-corrected chi connectivity index (χ2v) is 3.32. The van der Waals surface area contributed by atoms with Crippen molar-refractivity contribution in [3.05, 3.63) is 6.92 Å². The fourth-order valence-electron chi connectivity index (χ4n) is 0.570. The molecule has 49 valence electrons. The molecule has 0 heterocycles. The maximum absolute atomic E-state index is 3.79. The number of hydrogen-bond donors (Lipinski definition) is 0. The van der Waals surface area contributed by atoms with Crippen molar-refractivity contribution in [2.45, 2.75) is 37.4 Å². The van der Waals surface area contributed by atoms with Crippen LogP contribution in [0.4, 0.5) is 0 Å². The molecule has 0 aliphatic heterocycles. The summed E-state index contributed by atoms with van der Waals surface area (Å²) in [5, 5.41) is 0. The van der Waals surface area contributed by atoms with Gasteiger partial charge >= 0.3 is 0 Å². The van der Waals surface area contributed by atoms with Crippen LogP contribution in [0.3, 0.4) is 0 Å². The van der Waals surface area contributed by atoms with Crippen LogP contribution in [0.25, 0.3) is 0 Å². The van der Waals surface area contributed by atoms with Crippen LogP contribution in [0.2, 0.25) is 0 Å². The minimum Gasteiger partial charge on any atom is -0.0891 e. The van der Waals surface area contributed by atoms with Crippen molar-refractivity contribution in [3.63, 3.8) is 0 Å². The molecule has 0 aromatic rings. The summed E-state index contributed by atoms with van der Waals surface area (Å²) in [5.74, 6) is 0. The smallest absolute Gasteiger partial charge is 0.0145 e. The van der Waals surface area contributed by atoms with Crippen LogP contribution in [0.1, 0.15) is 32.6 Å². The van der Waals surface area contributed by atoms with Crippen LogP contribution in [-0.4, -0.2) is 4.83 Å². The normalized spacial score (nSPS) is 13.9. The summed E-state index contributed by atoms with van der Waals surface area (Å²) < 4.78 is 0. The van der Waals surface area contributed by atoms with Crippen molar-refractivity contribution in [1.82, 2.24) is 0 Å². The molecule has 1 unspecified atom stereocenters. The summed E-state index contributed by atoms with van der Waals surface area (Å²) in [5.41, 5.74) is 0. The molecule has 1 atom stereocenters. The Labute approximate surface area is 60.8 Å². The van der Waals surface area contributed by atoms with Crippen molar-refractivity contribution in [3.8, 4) is 0 Å². The quantitative estimate of drug-likeness (QED) is 0.580. The third kappa shape index (κ3) is 4.63. The van der Waals surface area contributed by atoms with Gasteiger partial charge in [0.25, 0.3) is 0 Å². The van der Waals surface area contributed by atoms with E-state index in [4.69, 9.17) is 0 Å². The number of halogens is 1. The Bertz CT molecular complexity index is 43.7. The highest BCUT2D eigenvalue weighted by molar-refractivity contribution is 9.09. The van der Waals surface area contributed by atoms with Crippen LogP contribution in [-0.2, 0) is 0 Å². The fraction of sp³-hybridized carbons (Fsp3) is 0.857. The molecule has 0 fully saturated rings. The lowest BCUT2D eigenvalue weighted by molar-refractivity contribution is 0.694. The molecule has 1 heteroatoms. The summed E-state index contributed by atoms with van der Waals surface area (Å²) in [6.45, 7) is 6.00. The number of alkyl halides is 1. The highest BCUT2D eigenvalue weighted by atomic mass is 79.9. The average molecular weight is 178 g/mol. The number of unbranched alkanes of at least 4 members (excludes halogenated alkanes) is 1. The van der Waals surface area contributed by atoms with Crippen molar-refractivity contribution in [2.75, 3.05) is 0 Å². The Balaban J connectivity index is 2.86. The zero-order valence-electron chi connectivity index (χ0n) is 5.49. The van der Waals surface area contributed by atoms with E-state index in [-0.39, 0.29) is 0 Å². The van der Waals surface area contributed by atoms with Gasteiger partial charge in [0.2, 0.25) is 0 Å². The Morgan fingerprint density at radius 2 is 2.25 bits per heavy atom. The SMILES string of the molecule is [CH2]CC(Br)CCCC. The molecule has 0 amide bonds. The molecule has 1 radical (unpaired) electrons. The van der Waals surface area contributed by atoms with Crippen LogP contribution in [0, 0.1) is 6.92 Å². The molecule has 0 aromatic heterocycles. The molecule has 0 rings (SSSR count). The minimum atomic E-state index is 0.655. The molecule has 0 aromatic carbocycles. The van der Waals surface area contributed by atoms with Gasteiger partial charge in [-0.2, -0.15) is 0 Å². The lowest BCUT2D eigenvalue weighted by Gasteiger charge is -2.02. The van der Waals surface area contributed by atoms with E-state index in [9.17, 15) is 0 Å². The van der Waals surface area contributed by atoms with E-state index in [0.717, 1.165) is 6.42 Å². The van der Waals surface area contributed by atoms with Crippen molar-refractivity contribution >= 4 is 15.9 Å². The van der Waals surface area contributed by atoms with Crippen LogP contribution in [0.5, 0.6) is 0 Å². The summed E-state index contributed by atoms with van der Waals surface area (Å²) in [6.07, 6.45) is 4.91. The van der Waals surface area contributed by atoms with Crippen LogP contribution >= 0.6 is 15.9 Å². The van der Waals surface area contributed by atoms with E-state index in [1.54, 1.807) is 0 Å². The standard InChI is InChI=1S/C7H14Br/c1-3-5-6-7(8)4-2/h7H,2-6H2,1H3. The van der Waals surface area contributed by atoms with E-state index in [2.05, 4.69) is 29.8 Å². The van der Waals surface area contributed by atoms with Gasteiger partial charge in [-0.15, -0.1) is 0 Å². The fourth-order valence-corrected chi connectivity index (χ4v) is 0.894. The minimum absolute atomic E-state index is 0.655. The molecule has 8 heavy (non-hydrogen) atoms. The van der Waals surface area contributed by atoms with Crippen molar-refractivity contribution in [1.29, 1.82) is 0 Å². The zero-order valence-corrected chi connectivity index (χ0v) is 7.08. The van der Waals surface area contributed by atoms with Crippen molar-refractivity contribution in [2.24, 2.45) is 0 Å². The first-order chi connectivity index (χ1) is 3.81. The maximum atomic E-state index is 3.79. The first-order valence-corrected chi connectivity index (χ1v) is 4.16. The summed E-state index contributed by atoms with van der Waals surface area (Å²) >= 11 is 3.52. The predicted molar refractivity (Wildman–Crippen MR) is 42.2 cm³/mol. The first kappa shape index (κ1) is 8.48.